The summed E-state index contributed by atoms with van der Waals surface area (Å²) >= 11 is 0. The second kappa shape index (κ2) is 4.11. The van der Waals surface area contributed by atoms with E-state index in [1.54, 1.807) is 0 Å². The topological polar surface area (TPSA) is 51.2 Å². The van der Waals surface area contributed by atoms with E-state index in [9.17, 15) is 14.4 Å². The van der Waals surface area contributed by atoms with Crippen LogP contribution in [0.4, 0.5) is 0 Å². The molecule has 0 aromatic heterocycles. The summed E-state index contributed by atoms with van der Waals surface area (Å²) in [5.74, 6) is 0.667. The van der Waals surface area contributed by atoms with Crippen molar-refractivity contribution >= 4 is 17.3 Å². The molecule has 0 radical (unpaired) electrons. The summed E-state index contributed by atoms with van der Waals surface area (Å²) in [4.78, 5) is 35.0. The Labute approximate surface area is 95.6 Å². The molecule has 16 heavy (non-hydrogen) atoms. The second-order valence-electron chi connectivity index (χ2n) is 5.18. The Morgan fingerprint density at radius 3 is 2.75 bits per heavy atom. The maximum atomic E-state index is 12.0. The molecular weight excluding hydrogens is 204 g/mol. The highest BCUT2D eigenvalue weighted by molar-refractivity contribution is 6.00. The third-order valence-electron chi connectivity index (χ3n) is 4.24. The fourth-order valence-electron chi connectivity index (χ4n) is 2.98. The zero-order chi connectivity index (χ0) is 11.8. The Bertz CT molecular complexity index is 345. The Balaban J connectivity index is 2.07. The molecule has 2 atom stereocenters. The Kier molecular flexibility index (Phi) is 2.96. The van der Waals surface area contributed by atoms with E-state index in [0.29, 0.717) is 32.1 Å². The van der Waals surface area contributed by atoms with Crippen molar-refractivity contribution in [3.8, 4) is 0 Å². The molecule has 2 bridgehead atoms. The average molecular weight is 222 g/mol. The lowest BCUT2D eigenvalue weighted by Gasteiger charge is -2.43. The lowest BCUT2D eigenvalue weighted by Crippen LogP contribution is -2.47. The van der Waals surface area contributed by atoms with Crippen LogP contribution in [0.2, 0.25) is 0 Å². The molecule has 3 nitrogen and oxygen atoms in total. The summed E-state index contributed by atoms with van der Waals surface area (Å²) in [6.45, 7) is 1.84. The van der Waals surface area contributed by atoms with Gasteiger partial charge in [-0.25, -0.2) is 0 Å². The van der Waals surface area contributed by atoms with Crippen LogP contribution in [0.25, 0.3) is 0 Å². The molecule has 0 aliphatic heterocycles. The third-order valence-corrected chi connectivity index (χ3v) is 4.24. The van der Waals surface area contributed by atoms with Gasteiger partial charge in [-0.1, -0.05) is 6.92 Å². The number of carbonyl (C=O) groups is 3. The number of hydrogen-bond acceptors (Lipinski definition) is 3. The van der Waals surface area contributed by atoms with Gasteiger partial charge in [-0.3, -0.25) is 14.4 Å². The zero-order valence-electron chi connectivity index (χ0n) is 9.75. The van der Waals surface area contributed by atoms with Crippen LogP contribution >= 0.6 is 0 Å². The Morgan fingerprint density at radius 1 is 1.44 bits per heavy atom. The average Bonchev–Trinajstić information content (AvgIpc) is 2.28. The normalized spacial score (nSPS) is 33.2. The third kappa shape index (κ3) is 1.83. The van der Waals surface area contributed by atoms with Gasteiger partial charge < -0.3 is 0 Å². The molecule has 0 N–H and O–H groups in total. The first kappa shape index (κ1) is 11.5. The molecule has 0 aromatic carbocycles. The Hall–Kier alpha value is -0.990. The van der Waals surface area contributed by atoms with Crippen molar-refractivity contribution in [3.05, 3.63) is 0 Å². The maximum absolute atomic E-state index is 12.0. The highest BCUT2D eigenvalue weighted by Gasteiger charge is 2.50. The number of carbonyl (C=O) groups excluding carboxylic acids is 3. The fraction of sp³-hybridized carbons (Fsp3) is 0.769. The molecule has 3 rings (SSSR count). The van der Waals surface area contributed by atoms with Crippen LogP contribution in [0.15, 0.2) is 0 Å². The van der Waals surface area contributed by atoms with Crippen LogP contribution in [-0.2, 0) is 14.4 Å². The number of fused-ring (bicyclic) bond motifs is 3. The molecule has 3 aliphatic carbocycles. The van der Waals surface area contributed by atoms with Gasteiger partial charge in [-0.15, -0.1) is 0 Å². The van der Waals surface area contributed by atoms with E-state index < -0.39 is 5.41 Å². The molecule has 88 valence electrons. The standard InChI is InChI=1S/C13H18O3/c1-2-10(14)4-6-13-5-3-9(7-12(13)16)11(15)8-13/h9H,2-8H2,1H3/t9-,13+/m0/s1. The summed E-state index contributed by atoms with van der Waals surface area (Å²) in [7, 11) is 0. The number of ketones is 3. The summed E-state index contributed by atoms with van der Waals surface area (Å²) in [5.41, 5.74) is -0.462. The van der Waals surface area contributed by atoms with Crippen LogP contribution in [0.3, 0.4) is 0 Å². The molecule has 3 heteroatoms. The lowest BCUT2D eigenvalue weighted by molar-refractivity contribution is -0.150. The quantitative estimate of drug-likeness (QED) is 0.731. The summed E-state index contributed by atoms with van der Waals surface area (Å²) in [5, 5.41) is 0. The van der Waals surface area contributed by atoms with E-state index >= 15 is 0 Å². The summed E-state index contributed by atoms with van der Waals surface area (Å²) in [6.07, 6.45) is 4.08. The summed E-state index contributed by atoms with van der Waals surface area (Å²) < 4.78 is 0. The first-order chi connectivity index (χ1) is 7.57. The highest BCUT2D eigenvalue weighted by atomic mass is 16.1. The highest BCUT2D eigenvalue weighted by Crippen LogP contribution is 2.48. The number of rotatable bonds is 4. The van der Waals surface area contributed by atoms with Gasteiger partial charge in [0.2, 0.25) is 0 Å². The predicted octanol–water partition coefficient (Wildman–Crippen LogP) is 2.07. The van der Waals surface area contributed by atoms with Gasteiger partial charge in [0.05, 0.1) is 0 Å². The van der Waals surface area contributed by atoms with E-state index in [0.717, 1.165) is 12.8 Å². The SMILES string of the molecule is CCC(=O)CC[C@@]12CC[C@@H](CC1=O)C(=O)C2. The van der Waals surface area contributed by atoms with E-state index in [1.807, 2.05) is 6.92 Å². The van der Waals surface area contributed by atoms with Crippen LogP contribution in [0, 0.1) is 11.3 Å². The molecule has 0 aromatic rings. The molecule has 3 fully saturated rings. The zero-order valence-corrected chi connectivity index (χ0v) is 9.75. The monoisotopic (exact) mass is 222 g/mol. The van der Waals surface area contributed by atoms with E-state index in [1.165, 1.54) is 0 Å². The molecule has 0 unspecified atom stereocenters. The van der Waals surface area contributed by atoms with Gasteiger partial charge in [-0.05, 0) is 19.3 Å². The minimum Gasteiger partial charge on any atom is -0.300 e. The van der Waals surface area contributed by atoms with Crippen molar-refractivity contribution in [2.24, 2.45) is 11.3 Å². The van der Waals surface area contributed by atoms with Crippen LogP contribution < -0.4 is 0 Å². The van der Waals surface area contributed by atoms with Crippen molar-refractivity contribution in [1.29, 1.82) is 0 Å². The minimum absolute atomic E-state index is 0.00347. The van der Waals surface area contributed by atoms with E-state index in [2.05, 4.69) is 0 Å². The maximum Gasteiger partial charge on any atom is 0.140 e. The van der Waals surface area contributed by atoms with Gasteiger partial charge in [0.15, 0.2) is 0 Å². The van der Waals surface area contributed by atoms with Crippen molar-refractivity contribution < 1.29 is 14.4 Å². The van der Waals surface area contributed by atoms with Gasteiger partial charge in [0, 0.05) is 37.0 Å². The van der Waals surface area contributed by atoms with Crippen LogP contribution in [-0.4, -0.2) is 17.3 Å². The van der Waals surface area contributed by atoms with Crippen molar-refractivity contribution in [3.63, 3.8) is 0 Å². The fourth-order valence-corrected chi connectivity index (χ4v) is 2.98. The predicted molar refractivity (Wildman–Crippen MR) is 58.9 cm³/mol. The van der Waals surface area contributed by atoms with Crippen LogP contribution in [0.5, 0.6) is 0 Å². The van der Waals surface area contributed by atoms with Crippen LogP contribution in [0.1, 0.15) is 51.9 Å². The molecule has 0 heterocycles. The van der Waals surface area contributed by atoms with E-state index in [4.69, 9.17) is 0 Å². The van der Waals surface area contributed by atoms with Crippen molar-refractivity contribution in [1.82, 2.24) is 0 Å². The number of hydrogen-bond donors (Lipinski definition) is 0. The summed E-state index contributed by atoms with van der Waals surface area (Å²) in [6, 6.07) is 0. The minimum atomic E-state index is -0.462. The van der Waals surface area contributed by atoms with Gasteiger partial charge >= 0.3 is 0 Å². The molecule has 0 spiro atoms. The van der Waals surface area contributed by atoms with E-state index in [-0.39, 0.29) is 23.3 Å². The molecule has 0 saturated heterocycles. The largest absolute Gasteiger partial charge is 0.300 e. The first-order valence-electron chi connectivity index (χ1n) is 6.15. The van der Waals surface area contributed by atoms with Crippen molar-refractivity contribution in [2.75, 3.05) is 0 Å². The first-order valence-corrected chi connectivity index (χ1v) is 6.15. The smallest absolute Gasteiger partial charge is 0.140 e. The second-order valence-corrected chi connectivity index (χ2v) is 5.18. The van der Waals surface area contributed by atoms with Gasteiger partial charge in [-0.2, -0.15) is 0 Å². The molecule has 0 amide bonds. The van der Waals surface area contributed by atoms with Gasteiger partial charge in [0.1, 0.15) is 17.3 Å². The molecular formula is C13H18O3. The Morgan fingerprint density at radius 2 is 2.19 bits per heavy atom. The lowest BCUT2D eigenvalue weighted by atomic mass is 9.57. The van der Waals surface area contributed by atoms with Crippen molar-refractivity contribution in [2.45, 2.75) is 51.9 Å². The van der Waals surface area contributed by atoms with Gasteiger partial charge in [0.25, 0.3) is 0 Å². The molecule has 3 aliphatic rings. The molecule has 3 saturated carbocycles. The number of Topliss-reactive ketones (excluding diaryl/α,β-unsaturated/α-hetero) is 3.